The van der Waals surface area contributed by atoms with Gasteiger partial charge in [0.2, 0.25) is 5.91 Å². The summed E-state index contributed by atoms with van der Waals surface area (Å²) in [7, 11) is 0. The normalized spacial score (nSPS) is 15.8. The van der Waals surface area contributed by atoms with Gasteiger partial charge in [-0.1, -0.05) is 6.42 Å². The smallest absolute Gasteiger partial charge is 0.416 e. The highest BCUT2D eigenvalue weighted by atomic mass is 35.5. The number of hydrogen-bond acceptors (Lipinski definition) is 3. The van der Waals surface area contributed by atoms with Crippen molar-refractivity contribution in [2.24, 2.45) is 0 Å². The Labute approximate surface area is 88.2 Å². The van der Waals surface area contributed by atoms with Gasteiger partial charge in [-0.25, -0.2) is 9.69 Å². The van der Waals surface area contributed by atoms with E-state index in [9.17, 15) is 9.59 Å². The number of hydrogen-bond donors (Lipinski definition) is 0. The summed E-state index contributed by atoms with van der Waals surface area (Å²) in [6.07, 6.45) is 2.53. The molecule has 0 aliphatic carbocycles. The molecule has 0 saturated carbocycles. The van der Waals surface area contributed by atoms with Gasteiger partial charge >= 0.3 is 6.09 Å². The third kappa shape index (κ3) is 3.18. The van der Waals surface area contributed by atoms with Crippen molar-refractivity contribution in [2.45, 2.75) is 25.7 Å². The Morgan fingerprint density at radius 1 is 1.43 bits per heavy atom. The number of ether oxygens (including phenoxy) is 1. The summed E-state index contributed by atoms with van der Waals surface area (Å²) in [6, 6.07) is 0. The zero-order valence-electron chi connectivity index (χ0n) is 8.00. The van der Waals surface area contributed by atoms with Crippen LogP contribution in [0.4, 0.5) is 4.79 Å². The third-order valence-corrected chi connectivity index (χ3v) is 2.35. The highest BCUT2D eigenvalue weighted by molar-refractivity contribution is 6.17. The Morgan fingerprint density at radius 3 is 2.79 bits per heavy atom. The zero-order valence-corrected chi connectivity index (χ0v) is 8.76. The highest BCUT2D eigenvalue weighted by Gasteiger charge is 2.27. The van der Waals surface area contributed by atoms with Crippen LogP contribution < -0.4 is 0 Å². The van der Waals surface area contributed by atoms with E-state index >= 15 is 0 Å². The van der Waals surface area contributed by atoms with Crippen LogP contribution in [0.5, 0.6) is 0 Å². The summed E-state index contributed by atoms with van der Waals surface area (Å²) in [5, 5.41) is 0. The molecule has 1 heterocycles. The fourth-order valence-corrected chi connectivity index (χ4v) is 1.49. The van der Waals surface area contributed by atoms with Gasteiger partial charge < -0.3 is 4.74 Å². The van der Waals surface area contributed by atoms with Gasteiger partial charge in [0.1, 0.15) is 6.61 Å². The molecule has 1 fully saturated rings. The Hall–Kier alpha value is -0.770. The Kier molecular flexibility index (Phi) is 4.73. The van der Waals surface area contributed by atoms with Gasteiger partial charge in [-0.15, -0.1) is 11.6 Å². The number of cyclic esters (lactones) is 1. The lowest BCUT2D eigenvalue weighted by molar-refractivity contribution is -0.127. The lowest BCUT2D eigenvalue weighted by Gasteiger charge is -2.09. The van der Waals surface area contributed by atoms with Crippen molar-refractivity contribution in [2.75, 3.05) is 19.0 Å². The number of alkyl halides is 1. The van der Waals surface area contributed by atoms with Crippen LogP contribution in [0.3, 0.4) is 0 Å². The van der Waals surface area contributed by atoms with Gasteiger partial charge in [-0.05, 0) is 12.8 Å². The molecule has 5 heteroatoms. The quantitative estimate of drug-likeness (QED) is 0.523. The number of rotatable bonds is 5. The van der Waals surface area contributed by atoms with E-state index in [-0.39, 0.29) is 5.91 Å². The number of halogens is 1. The minimum atomic E-state index is -0.507. The highest BCUT2D eigenvalue weighted by Crippen LogP contribution is 2.09. The molecule has 0 aromatic rings. The van der Waals surface area contributed by atoms with Crippen molar-refractivity contribution in [3.8, 4) is 0 Å². The molecule has 1 aliphatic heterocycles. The van der Waals surface area contributed by atoms with E-state index in [1.54, 1.807) is 0 Å². The molecule has 0 radical (unpaired) electrons. The molecule has 0 bridgehead atoms. The predicted octanol–water partition coefficient (Wildman–Crippen LogP) is 1.76. The summed E-state index contributed by atoms with van der Waals surface area (Å²) < 4.78 is 4.66. The number of carbonyl (C=O) groups is 2. The van der Waals surface area contributed by atoms with E-state index in [4.69, 9.17) is 11.6 Å². The second-order valence-electron chi connectivity index (χ2n) is 3.16. The molecular formula is C9H14ClNO3. The van der Waals surface area contributed by atoms with E-state index in [1.807, 2.05) is 0 Å². The first-order chi connectivity index (χ1) is 6.75. The third-order valence-electron chi connectivity index (χ3n) is 2.09. The van der Waals surface area contributed by atoms with Crippen LogP contribution in [-0.2, 0) is 9.53 Å². The maximum absolute atomic E-state index is 11.4. The molecule has 0 atom stereocenters. The van der Waals surface area contributed by atoms with Crippen molar-refractivity contribution in [1.29, 1.82) is 0 Å². The Morgan fingerprint density at radius 2 is 2.21 bits per heavy atom. The summed E-state index contributed by atoms with van der Waals surface area (Å²) in [5.41, 5.74) is 0. The average Bonchev–Trinajstić information content (AvgIpc) is 2.59. The maximum Gasteiger partial charge on any atom is 0.416 e. The van der Waals surface area contributed by atoms with Crippen molar-refractivity contribution in [3.63, 3.8) is 0 Å². The molecule has 14 heavy (non-hydrogen) atoms. The van der Waals surface area contributed by atoms with Gasteiger partial charge in [0.05, 0.1) is 6.54 Å². The number of imide groups is 1. The van der Waals surface area contributed by atoms with Crippen LogP contribution in [0, 0.1) is 0 Å². The average molecular weight is 220 g/mol. The number of unbranched alkanes of at least 4 members (excludes halogenated alkanes) is 2. The topological polar surface area (TPSA) is 46.6 Å². The molecular weight excluding hydrogens is 206 g/mol. The van der Waals surface area contributed by atoms with Crippen molar-refractivity contribution >= 4 is 23.6 Å². The Balaban J connectivity index is 2.18. The summed E-state index contributed by atoms with van der Waals surface area (Å²) in [4.78, 5) is 23.5. The fraction of sp³-hybridized carbons (Fsp3) is 0.778. The molecule has 1 rings (SSSR count). The first kappa shape index (κ1) is 11.3. The van der Waals surface area contributed by atoms with Crippen LogP contribution >= 0.6 is 11.6 Å². The standard InChI is InChI=1S/C9H14ClNO3/c10-5-3-1-2-4-8(12)11-6-7-14-9(11)13/h1-7H2. The molecule has 0 spiro atoms. The van der Waals surface area contributed by atoms with E-state index < -0.39 is 6.09 Å². The van der Waals surface area contributed by atoms with Crippen molar-refractivity contribution < 1.29 is 14.3 Å². The molecule has 0 unspecified atom stereocenters. The first-order valence-electron chi connectivity index (χ1n) is 4.79. The zero-order chi connectivity index (χ0) is 10.4. The van der Waals surface area contributed by atoms with Gasteiger partial charge in [0, 0.05) is 12.3 Å². The van der Waals surface area contributed by atoms with E-state index in [1.165, 1.54) is 4.90 Å². The van der Waals surface area contributed by atoms with Gasteiger partial charge in [0.25, 0.3) is 0 Å². The molecule has 80 valence electrons. The molecule has 0 N–H and O–H groups in total. The van der Waals surface area contributed by atoms with E-state index in [2.05, 4.69) is 4.74 Å². The Bertz CT molecular complexity index is 220. The molecule has 1 aliphatic rings. The van der Waals surface area contributed by atoms with Crippen LogP contribution in [0.15, 0.2) is 0 Å². The predicted molar refractivity (Wildman–Crippen MR) is 52.2 cm³/mol. The summed E-state index contributed by atoms with van der Waals surface area (Å²) in [5.74, 6) is 0.488. The SMILES string of the molecule is O=C(CCCCCCl)N1CCOC1=O. The minimum Gasteiger partial charge on any atom is -0.447 e. The van der Waals surface area contributed by atoms with Gasteiger partial charge in [-0.3, -0.25) is 4.79 Å². The largest absolute Gasteiger partial charge is 0.447 e. The monoisotopic (exact) mass is 219 g/mol. The lowest BCUT2D eigenvalue weighted by Crippen LogP contribution is -2.31. The molecule has 4 nitrogen and oxygen atoms in total. The molecule has 0 aromatic heterocycles. The number of carbonyl (C=O) groups excluding carboxylic acids is 2. The molecule has 1 saturated heterocycles. The number of nitrogens with zero attached hydrogens (tertiary/aromatic N) is 1. The second-order valence-corrected chi connectivity index (χ2v) is 3.54. The van der Waals surface area contributed by atoms with Crippen molar-refractivity contribution in [1.82, 2.24) is 4.90 Å². The summed E-state index contributed by atoms with van der Waals surface area (Å²) in [6.45, 7) is 0.722. The maximum atomic E-state index is 11.4. The van der Waals surface area contributed by atoms with Gasteiger partial charge in [-0.2, -0.15) is 0 Å². The van der Waals surface area contributed by atoms with Crippen LogP contribution in [0.1, 0.15) is 25.7 Å². The van der Waals surface area contributed by atoms with E-state index in [0.717, 1.165) is 19.3 Å². The van der Waals surface area contributed by atoms with Gasteiger partial charge in [0.15, 0.2) is 0 Å². The van der Waals surface area contributed by atoms with Crippen molar-refractivity contribution in [3.05, 3.63) is 0 Å². The minimum absolute atomic E-state index is 0.137. The van der Waals surface area contributed by atoms with Crippen LogP contribution in [0.2, 0.25) is 0 Å². The fourth-order valence-electron chi connectivity index (χ4n) is 1.30. The van der Waals surface area contributed by atoms with Crippen LogP contribution in [-0.4, -0.2) is 35.9 Å². The van der Waals surface area contributed by atoms with Crippen LogP contribution in [0.25, 0.3) is 0 Å². The molecule has 2 amide bonds. The first-order valence-corrected chi connectivity index (χ1v) is 5.32. The van der Waals surface area contributed by atoms with E-state index in [0.29, 0.717) is 25.5 Å². The summed E-state index contributed by atoms with van der Waals surface area (Å²) >= 11 is 5.50. The number of amides is 2. The lowest BCUT2D eigenvalue weighted by atomic mass is 10.2. The molecule has 0 aromatic carbocycles. The second kappa shape index (κ2) is 5.86.